The number of pyridine rings is 1. The Bertz CT molecular complexity index is 1250. The number of aliphatic hydroxyl groups is 1. The minimum Gasteiger partial charge on any atom is -0.496 e. The van der Waals surface area contributed by atoms with Crippen LogP contribution in [0.5, 0.6) is 11.5 Å². The van der Waals surface area contributed by atoms with Crippen LogP contribution >= 0.6 is 0 Å². The number of hydrogen-bond acceptors (Lipinski definition) is 5. The van der Waals surface area contributed by atoms with Gasteiger partial charge >= 0.3 is 0 Å². The van der Waals surface area contributed by atoms with Crippen LogP contribution in [0.2, 0.25) is 0 Å². The van der Waals surface area contributed by atoms with Gasteiger partial charge in [0.25, 0.3) is 0 Å². The number of ether oxygens (including phenoxy) is 2. The SMILES string of the molecule is CCCCc1ccc(OC)c(Cn2cc(CC(O)CNCc3cccnc3)c3ccccc32)c1OC. The molecule has 1 unspecified atom stereocenters. The Kier molecular flexibility index (Phi) is 8.98. The number of unbranched alkanes of at least 4 members (excludes halogenated alkanes) is 1. The van der Waals surface area contributed by atoms with Gasteiger partial charge in [-0.2, -0.15) is 0 Å². The maximum atomic E-state index is 10.8. The predicted octanol–water partition coefficient (Wildman–Crippen LogP) is 5.14. The third-order valence-electron chi connectivity index (χ3n) is 6.61. The summed E-state index contributed by atoms with van der Waals surface area (Å²) in [4.78, 5) is 4.14. The number of fused-ring (bicyclic) bond motifs is 1. The van der Waals surface area contributed by atoms with Crippen molar-refractivity contribution in [1.29, 1.82) is 0 Å². The topological polar surface area (TPSA) is 68.5 Å². The first kappa shape index (κ1) is 25.7. The lowest BCUT2D eigenvalue weighted by Gasteiger charge is -2.18. The summed E-state index contributed by atoms with van der Waals surface area (Å²) in [7, 11) is 3.44. The first-order chi connectivity index (χ1) is 17.6. The van der Waals surface area contributed by atoms with Gasteiger partial charge in [0.2, 0.25) is 0 Å². The molecule has 0 bridgehead atoms. The molecule has 190 valence electrons. The number of para-hydroxylation sites is 1. The molecule has 0 amide bonds. The molecule has 2 N–H and O–H groups in total. The average Bonchev–Trinajstić information content (AvgIpc) is 3.25. The molecule has 6 heteroatoms. The molecule has 1 atom stereocenters. The molecule has 0 aliphatic carbocycles. The molecule has 2 aromatic heterocycles. The highest BCUT2D eigenvalue weighted by molar-refractivity contribution is 5.84. The van der Waals surface area contributed by atoms with Crippen molar-refractivity contribution in [2.24, 2.45) is 0 Å². The van der Waals surface area contributed by atoms with Crippen LogP contribution < -0.4 is 14.8 Å². The van der Waals surface area contributed by atoms with Gasteiger partial charge in [0.1, 0.15) is 11.5 Å². The molecular formula is C30H37N3O3. The number of rotatable bonds is 13. The lowest BCUT2D eigenvalue weighted by atomic mass is 10.0. The van der Waals surface area contributed by atoms with Crippen LogP contribution in [0.25, 0.3) is 10.9 Å². The maximum Gasteiger partial charge on any atom is 0.130 e. The smallest absolute Gasteiger partial charge is 0.130 e. The second kappa shape index (κ2) is 12.6. The molecule has 4 rings (SSSR count). The van der Waals surface area contributed by atoms with Crippen molar-refractivity contribution in [2.45, 2.75) is 51.8 Å². The van der Waals surface area contributed by atoms with E-state index in [1.54, 1.807) is 20.4 Å². The molecule has 0 saturated carbocycles. The van der Waals surface area contributed by atoms with Gasteiger partial charge in [-0.15, -0.1) is 0 Å². The Balaban J connectivity index is 1.56. The maximum absolute atomic E-state index is 10.8. The number of aryl methyl sites for hydroxylation is 1. The normalized spacial score (nSPS) is 12.1. The van der Waals surface area contributed by atoms with Gasteiger partial charge in [-0.25, -0.2) is 0 Å². The summed E-state index contributed by atoms with van der Waals surface area (Å²) < 4.78 is 13.9. The monoisotopic (exact) mass is 487 g/mol. The lowest BCUT2D eigenvalue weighted by Crippen LogP contribution is -2.28. The summed E-state index contributed by atoms with van der Waals surface area (Å²) in [5.74, 6) is 1.73. The van der Waals surface area contributed by atoms with E-state index in [4.69, 9.17) is 9.47 Å². The fourth-order valence-corrected chi connectivity index (χ4v) is 4.82. The number of aliphatic hydroxyl groups excluding tert-OH is 1. The van der Waals surface area contributed by atoms with E-state index in [0.29, 0.717) is 26.1 Å². The Morgan fingerprint density at radius 1 is 1.03 bits per heavy atom. The Hall–Kier alpha value is -3.35. The largest absolute Gasteiger partial charge is 0.496 e. The van der Waals surface area contributed by atoms with Crippen LogP contribution in [0.4, 0.5) is 0 Å². The Morgan fingerprint density at radius 3 is 2.64 bits per heavy atom. The van der Waals surface area contributed by atoms with Crippen molar-refractivity contribution in [3.63, 3.8) is 0 Å². The zero-order valence-corrected chi connectivity index (χ0v) is 21.5. The van der Waals surface area contributed by atoms with Crippen LogP contribution in [-0.2, 0) is 25.9 Å². The highest BCUT2D eigenvalue weighted by Gasteiger charge is 2.18. The van der Waals surface area contributed by atoms with E-state index in [0.717, 1.165) is 58.4 Å². The van der Waals surface area contributed by atoms with E-state index in [-0.39, 0.29) is 0 Å². The number of nitrogens with zero attached hydrogens (tertiary/aromatic N) is 2. The van der Waals surface area contributed by atoms with Crippen molar-refractivity contribution in [2.75, 3.05) is 20.8 Å². The lowest BCUT2D eigenvalue weighted by molar-refractivity contribution is 0.172. The zero-order chi connectivity index (χ0) is 25.3. The molecule has 2 aromatic carbocycles. The van der Waals surface area contributed by atoms with Crippen molar-refractivity contribution >= 4 is 10.9 Å². The molecule has 2 heterocycles. The summed E-state index contributed by atoms with van der Waals surface area (Å²) in [6.45, 7) is 4.02. The van der Waals surface area contributed by atoms with Crippen molar-refractivity contribution in [3.05, 3.63) is 89.4 Å². The standard InChI is InChI=1S/C30H37N3O3/c1-4-5-10-23-13-14-29(35-2)27(30(23)36-3)21-33-20-24(26-11-6-7-12-28(26)33)16-25(34)19-32-18-22-9-8-15-31-17-22/h6-9,11-15,17,20,25,32,34H,4-5,10,16,18-19,21H2,1-3H3. The summed E-state index contributed by atoms with van der Waals surface area (Å²) >= 11 is 0. The third kappa shape index (κ3) is 6.07. The van der Waals surface area contributed by atoms with E-state index in [2.05, 4.69) is 58.3 Å². The average molecular weight is 488 g/mol. The molecular weight excluding hydrogens is 450 g/mol. The van der Waals surface area contributed by atoms with Gasteiger partial charge in [-0.3, -0.25) is 4.98 Å². The van der Waals surface area contributed by atoms with Gasteiger partial charge in [-0.1, -0.05) is 43.7 Å². The first-order valence-electron chi connectivity index (χ1n) is 12.7. The fourth-order valence-electron chi connectivity index (χ4n) is 4.82. The molecule has 0 spiro atoms. The molecule has 36 heavy (non-hydrogen) atoms. The summed E-state index contributed by atoms with van der Waals surface area (Å²) in [6.07, 6.45) is 9.06. The van der Waals surface area contributed by atoms with Crippen molar-refractivity contribution in [1.82, 2.24) is 14.9 Å². The number of methoxy groups -OCH3 is 2. The predicted molar refractivity (Wildman–Crippen MR) is 145 cm³/mol. The number of hydrogen-bond donors (Lipinski definition) is 2. The van der Waals surface area contributed by atoms with E-state index in [1.807, 2.05) is 24.4 Å². The summed E-state index contributed by atoms with van der Waals surface area (Å²) in [6, 6.07) is 16.5. The minimum atomic E-state index is -0.498. The van der Waals surface area contributed by atoms with Crippen molar-refractivity contribution < 1.29 is 14.6 Å². The number of aromatic nitrogens is 2. The van der Waals surface area contributed by atoms with Crippen LogP contribution in [0.15, 0.2) is 67.1 Å². The molecule has 0 radical (unpaired) electrons. The molecule has 6 nitrogen and oxygen atoms in total. The molecule has 0 fully saturated rings. The van der Waals surface area contributed by atoms with Crippen molar-refractivity contribution in [3.8, 4) is 11.5 Å². The number of benzene rings is 2. The third-order valence-corrected chi connectivity index (χ3v) is 6.61. The van der Waals surface area contributed by atoms with Gasteiger partial charge in [0.05, 0.1) is 32.4 Å². The second-order valence-electron chi connectivity index (χ2n) is 9.19. The van der Waals surface area contributed by atoms with Gasteiger partial charge in [0, 0.05) is 49.0 Å². The Morgan fingerprint density at radius 2 is 1.89 bits per heavy atom. The first-order valence-corrected chi connectivity index (χ1v) is 12.7. The number of nitrogens with one attached hydrogen (secondary N) is 1. The van der Waals surface area contributed by atoms with E-state index < -0.39 is 6.10 Å². The summed E-state index contributed by atoms with van der Waals surface area (Å²) in [5, 5.41) is 15.3. The van der Waals surface area contributed by atoms with E-state index in [9.17, 15) is 5.11 Å². The highest BCUT2D eigenvalue weighted by Crippen LogP contribution is 2.35. The van der Waals surface area contributed by atoms with Gasteiger partial charge in [0.15, 0.2) is 0 Å². The van der Waals surface area contributed by atoms with Crippen LogP contribution in [0.1, 0.15) is 42.0 Å². The zero-order valence-electron chi connectivity index (χ0n) is 21.5. The van der Waals surface area contributed by atoms with E-state index >= 15 is 0 Å². The quantitative estimate of drug-likeness (QED) is 0.273. The summed E-state index contributed by atoms with van der Waals surface area (Å²) in [5.41, 5.74) is 5.61. The molecule has 0 saturated heterocycles. The van der Waals surface area contributed by atoms with Gasteiger partial charge in [-0.05, 0) is 47.7 Å². The van der Waals surface area contributed by atoms with Gasteiger partial charge < -0.3 is 24.5 Å². The van der Waals surface area contributed by atoms with E-state index in [1.165, 1.54) is 5.56 Å². The van der Waals surface area contributed by atoms with Crippen LogP contribution in [-0.4, -0.2) is 41.5 Å². The van der Waals surface area contributed by atoms with Crippen LogP contribution in [0, 0.1) is 0 Å². The highest BCUT2D eigenvalue weighted by atomic mass is 16.5. The molecule has 0 aliphatic rings. The Labute approximate surface area is 213 Å². The molecule has 0 aliphatic heterocycles. The van der Waals surface area contributed by atoms with Crippen LogP contribution in [0.3, 0.4) is 0 Å². The second-order valence-corrected chi connectivity index (χ2v) is 9.19. The fraction of sp³-hybridized carbons (Fsp3) is 0.367. The molecule has 4 aromatic rings. The minimum absolute atomic E-state index is 0.498.